The molecule has 1 aromatic carbocycles. The maximum Gasteiger partial charge on any atom is 0.133 e. The molecule has 4 heteroatoms. The number of para-hydroxylation sites is 1. The average Bonchev–Trinajstić information content (AvgIpc) is 2.30. The van der Waals surface area contributed by atoms with E-state index >= 15 is 0 Å². The van der Waals surface area contributed by atoms with Crippen LogP contribution in [0, 0.1) is 6.92 Å². The van der Waals surface area contributed by atoms with Crippen molar-refractivity contribution in [1.82, 2.24) is 9.97 Å². The second-order valence-electron chi connectivity index (χ2n) is 3.53. The minimum Gasteiger partial charge on any atom is -0.340 e. The molecule has 2 rings (SSSR count). The van der Waals surface area contributed by atoms with Gasteiger partial charge in [-0.15, -0.1) is 0 Å². The zero-order valence-electron chi connectivity index (χ0n) is 9.14. The molecule has 16 heavy (non-hydrogen) atoms. The van der Waals surface area contributed by atoms with Crippen LogP contribution < -0.4 is 11.1 Å². The lowest BCUT2D eigenvalue weighted by Gasteiger charge is -2.09. The summed E-state index contributed by atoms with van der Waals surface area (Å²) in [6, 6.07) is 9.82. The van der Waals surface area contributed by atoms with Crippen LogP contribution in [0.3, 0.4) is 0 Å². The number of aromatic nitrogens is 2. The van der Waals surface area contributed by atoms with E-state index in [1.54, 1.807) is 6.33 Å². The smallest absolute Gasteiger partial charge is 0.133 e. The van der Waals surface area contributed by atoms with Gasteiger partial charge in [-0.05, 0) is 18.6 Å². The SMILES string of the molecule is Cc1cc(Nc2ccccc2CN)ncn1. The third-order valence-corrected chi connectivity index (χ3v) is 2.30. The standard InChI is InChI=1S/C12H14N4/c1-9-6-12(15-8-14-9)16-11-5-3-2-4-10(11)7-13/h2-6,8H,7,13H2,1H3,(H,14,15,16). The van der Waals surface area contributed by atoms with Crippen molar-refractivity contribution in [2.75, 3.05) is 5.32 Å². The van der Waals surface area contributed by atoms with E-state index in [9.17, 15) is 0 Å². The first-order valence-electron chi connectivity index (χ1n) is 5.13. The van der Waals surface area contributed by atoms with Crippen molar-refractivity contribution < 1.29 is 0 Å². The van der Waals surface area contributed by atoms with Crippen LogP contribution in [0.4, 0.5) is 11.5 Å². The Morgan fingerprint density at radius 2 is 2.06 bits per heavy atom. The normalized spacial score (nSPS) is 10.1. The zero-order valence-corrected chi connectivity index (χ0v) is 9.14. The largest absolute Gasteiger partial charge is 0.340 e. The Labute approximate surface area is 94.5 Å². The molecule has 3 N–H and O–H groups in total. The fourth-order valence-electron chi connectivity index (χ4n) is 1.48. The van der Waals surface area contributed by atoms with Crippen molar-refractivity contribution >= 4 is 11.5 Å². The van der Waals surface area contributed by atoms with Crippen LogP contribution in [0.15, 0.2) is 36.7 Å². The quantitative estimate of drug-likeness (QED) is 0.820. The number of hydrogen-bond acceptors (Lipinski definition) is 4. The minimum absolute atomic E-state index is 0.507. The monoisotopic (exact) mass is 214 g/mol. The molecule has 2 aromatic rings. The van der Waals surface area contributed by atoms with Crippen molar-refractivity contribution in [2.24, 2.45) is 5.73 Å². The molecule has 1 heterocycles. The molecule has 0 saturated carbocycles. The Morgan fingerprint density at radius 1 is 1.25 bits per heavy atom. The number of nitrogens with two attached hydrogens (primary N) is 1. The molecule has 0 unspecified atom stereocenters. The van der Waals surface area contributed by atoms with E-state index in [4.69, 9.17) is 5.73 Å². The molecule has 0 aliphatic heterocycles. The first kappa shape index (κ1) is 10.6. The van der Waals surface area contributed by atoms with E-state index in [-0.39, 0.29) is 0 Å². The number of hydrogen-bond donors (Lipinski definition) is 2. The van der Waals surface area contributed by atoms with Gasteiger partial charge in [-0.25, -0.2) is 9.97 Å². The highest BCUT2D eigenvalue weighted by Gasteiger charge is 2.01. The Morgan fingerprint density at radius 3 is 2.81 bits per heavy atom. The number of nitrogens with zero attached hydrogens (tertiary/aromatic N) is 2. The van der Waals surface area contributed by atoms with E-state index < -0.39 is 0 Å². The van der Waals surface area contributed by atoms with Crippen molar-refractivity contribution in [3.8, 4) is 0 Å². The van der Waals surface area contributed by atoms with E-state index in [0.29, 0.717) is 6.54 Å². The number of nitrogens with one attached hydrogen (secondary N) is 1. The minimum atomic E-state index is 0.507. The van der Waals surface area contributed by atoms with Gasteiger partial charge in [0.25, 0.3) is 0 Å². The molecule has 4 nitrogen and oxygen atoms in total. The van der Waals surface area contributed by atoms with Crippen LogP contribution in [-0.2, 0) is 6.54 Å². The van der Waals surface area contributed by atoms with Gasteiger partial charge in [-0.2, -0.15) is 0 Å². The second kappa shape index (κ2) is 4.72. The number of aryl methyl sites for hydroxylation is 1. The lowest BCUT2D eigenvalue weighted by Crippen LogP contribution is -2.02. The topological polar surface area (TPSA) is 63.8 Å². The van der Waals surface area contributed by atoms with Gasteiger partial charge >= 0.3 is 0 Å². The maximum absolute atomic E-state index is 5.66. The first-order valence-corrected chi connectivity index (χ1v) is 5.13. The number of benzene rings is 1. The molecule has 1 aromatic heterocycles. The van der Waals surface area contributed by atoms with Crippen LogP contribution in [-0.4, -0.2) is 9.97 Å². The third-order valence-electron chi connectivity index (χ3n) is 2.30. The van der Waals surface area contributed by atoms with Gasteiger partial charge in [-0.3, -0.25) is 0 Å². The van der Waals surface area contributed by atoms with Crippen molar-refractivity contribution in [2.45, 2.75) is 13.5 Å². The third kappa shape index (κ3) is 2.35. The highest BCUT2D eigenvalue weighted by atomic mass is 15.0. The first-order chi connectivity index (χ1) is 7.79. The molecule has 0 saturated heterocycles. The molecule has 0 atom stereocenters. The molecule has 0 bridgehead atoms. The van der Waals surface area contributed by atoms with Crippen LogP contribution >= 0.6 is 0 Å². The molecular formula is C12H14N4. The van der Waals surface area contributed by atoms with Gasteiger partial charge in [0.15, 0.2) is 0 Å². The molecule has 0 amide bonds. The summed E-state index contributed by atoms with van der Waals surface area (Å²) in [5, 5.41) is 3.23. The Hall–Kier alpha value is -1.94. The highest BCUT2D eigenvalue weighted by molar-refractivity contribution is 5.60. The molecule has 0 aliphatic rings. The Kier molecular flexibility index (Phi) is 3.12. The molecular weight excluding hydrogens is 200 g/mol. The predicted octanol–water partition coefficient (Wildman–Crippen LogP) is 1.99. The summed E-state index contributed by atoms with van der Waals surface area (Å²) in [6.07, 6.45) is 1.54. The lowest BCUT2D eigenvalue weighted by atomic mass is 10.2. The van der Waals surface area contributed by atoms with E-state index in [1.807, 2.05) is 37.3 Å². The molecule has 0 fully saturated rings. The van der Waals surface area contributed by atoms with Crippen molar-refractivity contribution in [3.05, 3.63) is 47.9 Å². The van der Waals surface area contributed by atoms with Crippen LogP contribution in [0.25, 0.3) is 0 Å². The van der Waals surface area contributed by atoms with Gasteiger partial charge in [-0.1, -0.05) is 18.2 Å². The lowest BCUT2D eigenvalue weighted by molar-refractivity contribution is 1.06. The van der Waals surface area contributed by atoms with Gasteiger partial charge in [0.05, 0.1) is 0 Å². The highest BCUT2D eigenvalue weighted by Crippen LogP contribution is 2.18. The van der Waals surface area contributed by atoms with Crippen molar-refractivity contribution in [1.29, 1.82) is 0 Å². The van der Waals surface area contributed by atoms with Gasteiger partial charge in [0.1, 0.15) is 12.1 Å². The van der Waals surface area contributed by atoms with Gasteiger partial charge in [0, 0.05) is 24.0 Å². The summed E-state index contributed by atoms with van der Waals surface area (Å²) >= 11 is 0. The molecule has 0 radical (unpaired) electrons. The fourth-order valence-corrected chi connectivity index (χ4v) is 1.48. The van der Waals surface area contributed by atoms with Crippen LogP contribution in [0.1, 0.15) is 11.3 Å². The fraction of sp³-hybridized carbons (Fsp3) is 0.167. The van der Waals surface area contributed by atoms with Crippen molar-refractivity contribution in [3.63, 3.8) is 0 Å². The maximum atomic E-state index is 5.66. The average molecular weight is 214 g/mol. The molecule has 82 valence electrons. The Bertz CT molecular complexity index is 482. The summed E-state index contributed by atoms with van der Waals surface area (Å²) in [4.78, 5) is 8.20. The zero-order chi connectivity index (χ0) is 11.4. The predicted molar refractivity (Wildman–Crippen MR) is 64.4 cm³/mol. The number of rotatable bonds is 3. The van der Waals surface area contributed by atoms with Gasteiger partial charge in [0.2, 0.25) is 0 Å². The van der Waals surface area contributed by atoms with Crippen LogP contribution in [0.5, 0.6) is 0 Å². The summed E-state index contributed by atoms with van der Waals surface area (Å²) in [7, 11) is 0. The Balaban J connectivity index is 2.26. The number of anilines is 2. The van der Waals surface area contributed by atoms with Gasteiger partial charge < -0.3 is 11.1 Å². The molecule has 0 aliphatic carbocycles. The summed E-state index contributed by atoms with van der Waals surface area (Å²) in [5.74, 6) is 0.786. The second-order valence-corrected chi connectivity index (χ2v) is 3.53. The summed E-state index contributed by atoms with van der Waals surface area (Å²) in [6.45, 7) is 2.44. The summed E-state index contributed by atoms with van der Waals surface area (Å²) in [5.41, 5.74) is 8.65. The van der Waals surface area contributed by atoms with Crippen LogP contribution in [0.2, 0.25) is 0 Å². The van der Waals surface area contributed by atoms with E-state index in [1.165, 1.54) is 0 Å². The van der Waals surface area contributed by atoms with E-state index in [0.717, 1.165) is 22.8 Å². The van der Waals surface area contributed by atoms with E-state index in [2.05, 4.69) is 15.3 Å². The summed E-state index contributed by atoms with van der Waals surface area (Å²) < 4.78 is 0. The molecule has 0 spiro atoms.